The molecule has 5 rings (SSSR count). The van der Waals surface area contributed by atoms with Gasteiger partial charge in [-0.2, -0.15) is 0 Å². The lowest BCUT2D eigenvalue weighted by Gasteiger charge is -2.23. The number of nitrogens with two attached hydrogens (primary N) is 2. The highest BCUT2D eigenvalue weighted by molar-refractivity contribution is 8.02. The van der Waals surface area contributed by atoms with Gasteiger partial charge >= 0.3 is 0 Å². The number of hydrogen-bond acceptors (Lipinski definition) is 9. The molecule has 3 aromatic heterocycles. The van der Waals surface area contributed by atoms with Crippen LogP contribution in [-0.4, -0.2) is 46.5 Å². The lowest BCUT2D eigenvalue weighted by Crippen LogP contribution is -2.15. The standard InChI is InChI=1S/C25H28N6OS2/c26-9-11-32-12-10-28-25-29-14-17(15-30-25)20-13-19(16-5-2-1-3-6-16)21-22(27)24(34-23(21)31-20)33-18-7-4-8-18/h1-3,5-6,13-15,18H,4,7-12,26-27H2,(H,28,29,30). The number of thiophene rings is 1. The molecule has 0 radical (unpaired) electrons. The lowest BCUT2D eigenvalue weighted by atomic mass is 10.00. The Morgan fingerprint density at radius 3 is 2.59 bits per heavy atom. The van der Waals surface area contributed by atoms with Crippen LogP contribution in [0.1, 0.15) is 19.3 Å². The minimum Gasteiger partial charge on any atom is -0.397 e. The fourth-order valence-corrected chi connectivity index (χ4v) is 6.59. The SMILES string of the molecule is NCCOCCNc1ncc(-c2cc(-c3ccccc3)c3c(N)c(SC4CCC4)sc3n2)cn1. The van der Waals surface area contributed by atoms with Gasteiger partial charge in [0.05, 0.1) is 28.8 Å². The van der Waals surface area contributed by atoms with Crippen LogP contribution in [0.25, 0.3) is 32.6 Å². The van der Waals surface area contributed by atoms with Crippen molar-refractivity contribution >= 4 is 45.0 Å². The molecule has 0 aliphatic heterocycles. The van der Waals surface area contributed by atoms with E-state index in [0.29, 0.717) is 37.5 Å². The number of pyridine rings is 1. The number of aromatic nitrogens is 3. The highest BCUT2D eigenvalue weighted by Crippen LogP contribution is 2.48. The van der Waals surface area contributed by atoms with Gasteiger partial charge in [-0.1, -0.05) is 36.8 Å². The largest absolute Gasteiger partial charge is 0.397 e. The number of hydrogen-bond donors (Lipinski definition) is 3. The van der Waals surface area contributed by atoms with Crippen LogP contribution in [0.3, 0.4) is 0 Å². The molecular weight excluding hydrogens is 464 g/mol. The number of nitrogens with one attached hydrogen (secondary N) is 1. The molecule has 9 heteroatoms. The summed E-state index contributed by atoms with van der Waals surface area (Å²) in [7, 11) is 0. The van der Waals surface area contributed by atoms with Crippen LogP contribution in [0.2, 0.25) is 0 Å². The number of rotatable bonds is 10. The van der Waals surface area contributed by atoms with E-state index < -0.39 is 0 Å². The topological polar surface area (TPSA) is 112 Å². The van der Waals surface area contributed by atoms with Crippen molar-refractivity contribution in [3.05, 3.63) is 48.8 Å². The zero-order chi connectivity index (χ0) is 23.3. The summed E-state index contributed by atoms with van der Waals surface area (Å²) in [5.74, 6) is 0.559. The van der Waals surface area contributed by atoms with E-state index in [0.717, 1.165) is 38.3 Å². The fourth-order valence-electron chi connectivity index (χ4n) is 3.79. The van der Waals surface area contributed by atoms with Crippen molar-refractivity contribution in [1.29, 1.82) is 0 Å². The first-order valence-electron chi connectivity index (χ1n) is 11.5. The summed E-state index contributed by atoms with van der Waals surface area (Å²) < 4.78 is 6.55. The minimum absolute atomic E-state index is 0.518. The van der Waals surface area contributed by atoms with Crippen molar-refractivity contribution in [3.8, 4) is 22.4 Å². The number of nitrogen functional groups attached to an aromatic ring is 1. The van der Waals surface area contributed by atoms with Crippen molar-refractivity contribution in [3.63, 3.8) is 0 Å². The first-order chi connectivity index (χ1) is 16.7. The highest BCUT2D eigenvalue weighted by Gasteiger charge is 2.24. The van der Waals surface area contributed by atoms with E-state index in [1.54, 1.807) is 23.7 Å². The number of anilines is 2. The Bertz CT molecular complexity index is 1240. The van der Waals surface area contributed by atoms with Gasteiger partial charge in [-0.25, -0.2) is 15.0 Å². The van der Waals surface area contributed by atoms with Crippen LogP contribution >= 0.6 is 23.1 Å². The molecule has 0 spiro atoms. The average molecular weight is 493 g/mol. The molecule has 3 heterocycles. The van der Waals surface area contributed by atoms with Crippen LogP contribution < -0.4 is 16.8 Å². The number of nitrogens with zero attached hydrogens (tertiary/aromatic N) is 3. The molecule has 5 N–H and O–H groups in total. The third-order valence-electron chi connectivity index (χ3n) is 5.81. The van der Waals surface area contributed by atoms with Gasteiger partial charge in [-0.15, -0.1) is 23.1 Å². The Morgan fingerprint density at radius 2 is 1.88 bits per heavy atom. The van der Waals surface area contributed by atoms with Crippen molar-refractivity contribution in [2.24, 2.45) is 5.73 Å². The van der Waals surface area contributed by atoms with Gasteiger partial charge in [0.15, 0.2) is 0 Å². The maximum Gasteiger partial charge on any atom is 0.222 e. The van der Waals surface area contributed by atoms with E-state index in [1.807, 2.05) is 17.8 Å². The molecule has 1 aliphatic carbocycles. The van der Waals surface area contributed by atoms with Crippen molar-refractivity contribution in [1.82, 2.24) is 15.0 Å². The van der Waals surface area contributed by atoms with Crippen molar-refractivity contribution in [2.75, 3.05) is 37.4 Å². The summed E-state index contributed by atoms with van der Waals surface area (Å²) in [4.78, 5) is 14.9. The van der Waals surface area contributed by atoms with Gasteiger partial charge in [-0.05, 0) is 30.0 Å². The van der Waals surface area contributed by atoms with E-state index in [4.69, 9.17) is 21.2 Å². The molecule has 1 aliphatic rings. The fraction of sp³-hybridized carbons (Fsp3) is 0.320. The molecular formula is C25H28N6OS2. The second-order valence-electron chi connectivity index (χ2n) is 8.20. The normalized spacial score (nSPS) is 13.8. The third kappa shape index (κ3) is 5.02. The zero-order valence-corrected chi connectivity index (χ0v) is 20.5. The van der Waals surface area contributed by atoms with Gasteiger partial charge in [0.1, 0.15) is 4.83 Å². The Balaban J connectivity index is 1.46. The number of thioether (sulfide) groups is 1. The van der Waals surface area contributed by atoms with Gasteiger partial charge in [0.25, 0.3) is 0 Å². The summed E-state index contributed by atoms with van der Waals surface area (Å²) in [6, 6.07) is 12.5. The van der Waals surface area contributed by atoms with Crippen LogP contribution in [0, 0.1) is 0 Å². The summed E-state index contributed by atoms with van der Waals surface area (Å²) in [5, 5.41) is 4.87. The average Bonchev–Trinajstić information content (AvgIpc) is 3.17. The molecule has 1 fully saturated rings. The van der Waals surface area contributed by atoms with Crippen molar-refractivity contribution in [2.45, 2.75) is 28.7 Å². The maximum absolute atomic E-state index is 6.69. The first kappa shape index (κ1) is 23.0. The molecule has 0 bridgehead atoms. The molecule has 1 saturated carbocycles. The van der Waals surface area contributed by atoms with Crippen LogP contribution in [0.15, 0.2) is 53.0 Å². The van der Waals surface area contributed by atoms with Gasteiger partial charge in [-0.3, -0.25) is 0 Å². The molecule has 34 heavy (non-hydrogen) atoms. The number of fused-ring (bicyclic) bond motifs is 1. The summed E-state index contributed by atoms with van der Waals surface area (Å²) >= 11 is 3.60. The van der Waals surface area contributed by atoms with E-state index in [9.17, 15) is 0 Å². The smallest absolute Gasteiger partial charge is 0.222 e. The summed E-state index contributed by atoms with van der Waals surface area (Å²) in [5.41, 5.74) is 16.9. The predicted octanol–water partition coefficient (Wildman–Crippen LogP) is 5.03. The van der Waals surface area contributed by atoms with Crippen LogP contribution in [0.4, 0.5) is 11.6 Å². The first-order valence-corrected chi connectivity index (χ1v) is 13.2. The molecule has 0 amide bonds. The van der Waals surface area contributed by atoms with E-state index >= 15 is 0 Å². The van der Waals surface area contributed by atoms with E-state index in [-0.39, 0.29) is 0 Å². The molecule has 0 saturated heterocycles. The molecule has 0 atom stereocenters. The predicted molar refractivity (Wildman–Crippen MR) is 142 cm³/mol. The second-order valence-corrected chi connectivity index (χ2v) is 10.8. The Kier molecular flexibility index (Phi) is 7.24. The van der Waals surface area contributed by atoms with E-state index in [2.05, 4.69) is 45.6 Å². The van der Waals surface area contributed by atoms with Gasteiger partial charge < -0.3 is 21.5 Å². The Hall–Kier alpha value is -2.72. The maximum atomic E-state index is 6.69. The van der Waals surface area contributed by atoms with Crippen LogP contribution in [-0.2, 0) is 4.74 Å². The van der Waals surface area contributed by atoms with Gasteiger partial charge in [0.2, 0.25) is 5.95 Å². The van der Waals surface area contributed by atoms with E-state index in [1.165, 1.54) is 23.5 Å². The molecule has 1 aromatic carbocycles. The van der Waals surface area contributed by atoms with Crippen molar-refractivity contribution < 1.29 is 4.74 Å². The quantitative estimate of drug-likeness (QED) is 0.264. The molecule has 4 aromatic rings. The Labute approximate surface area is 207 Å². The summed E-state index contributed by atoms with van der Waals surface area (Å²) in [6.07, 6.45) is 7.45. The third-order valence-corrected chi connectivity index (χ3v) is 8.49. The number of benzene rings is 1. The van der Waals surface area contributed by atoms with Crippen LogP contribution in [0.5, 0.6) is 0 Å². The minimum atomic E-state index is 0.518. The van der Waals surface area contributed by atoms with Gasteiger partial charge in [0, 0.05) is 41.7 Å². The molecule has 176 valence electrons. The monoisotopic (exact) mass is 492 g/mol. The molecule has 7 nitrogen and oxygen atoms in total. The zero-order valence-electron chi connectivity index (χ0n) is 18.9. The molecule has 0 unspecified atom stereocenters. The lowest BCUT2D eigenvalue weighted by molar-refractivity contribution is 0.151. The summed E-state index contributed by atoms with van der Waals surface area (Å²) in [6.45, 7) is 2.25. The second kappa shape index (κ2) is 10.7. The number of ether oxygens (including phenoxy) is 1. The highest BCUT2D eigenvalue weighted by atomic mass is 32.2. The Morgan fingerprint density at radius 1 is 1.09 bits per heavy atom.